The molecule has 2 aromatic carbocycles. The quantitative estimate of drug-likeness (QED) is 0.467. The van der Waals surface area contributed by atoms with Gasteiger partial charge in [-0.05, 0) is 43.3 Å². The van der Waals surface area contributed by atoms with Crippen LogP contribution in [0.2, 0.25) is 0 Å². The van der Waals surface area contributed by atoms with Crippen LogP contribution < -0.4 is 10.0 Å². The van der Waals surface area contributed by atoms with Crippen LogP contribution in [0.25, 0.3) is 0 Å². The number of carbonyl (C=O) groups excluding carboxylic acids is 1. The van der Waals surface area contributed by atoms with Crippen molar-refractivity contribution < 1.29 is 18.1 Å². The minimum absolute atomic E-state index is 0.0468. The number of carbonyl (C=O) groups is 1. The first-order chi connectivity index (χ1) is 13.8. The van der Waals surface area contributed by atoms with Crippen molar-refractivity contribution >= 4 is 33.3 Å². The zero-order valence-electron chi connectivity index (χ0n) is 15.1. The number of hydrogen-bond donors (Lipinski definition) is 2. The van der Waals surface area contributed by atoms with Crippen LogP contribution in [0.4, 0.5) is 17.3 Å². The number of rotatable bonds is 6. The van der Waals surface area contributed by atoms with Gasteiger partial charge in [-0.25, -0.2) is 23.1 Å². The third-order valence-electron chi connectivity index (χ3n) is 3.96. The molecule has 1 heterocycles. The van der Waals surface area contributed by atoms with Gasteiger partial charge < -0.3 is 5.32 Å². The molecule has 1 amide bonds. The van der Waals surface area contributed by atoms with Gasteiger partial charge in [-0.15, -0.1) is 0 Å². The largest absolute Gasteiger partial charge is 0.322 e. The van der Waals surface area contributed by atoms with Crippen molar-refractivity contribution in [3.63, 3.8) is 0 Å². The lowest BCUT2D eigenvalue weighted by atomic mass is 10.1. The zero-order chi connectivity index (χ0) is 21.0. The molecule has 0 saturated heterocycles. The van der Waals surface area contributed by atoms with Crippen LogP contribution in [0.15, 0.2) is 65.8 Å². The molecule has 3 rings (SSSR count). The van der Waals surface area contributed by atoms with Gasteiger partial charge in [0.2, 0.25) is 5.95 Å². The number of sulfonamides is 1. The first kappa shape index (κ1) is 19.9. The molecule has 11 heteroatoms. The Labute approximate surface area is 165 Å². The van der Waals surface area contributed by atoms with Gasteiger partial charge in [-0.3, -0.25) is 14.9 Å². The first-order valence-electron chi connectivity index (χ1n) is 8.23. The maximum atomic E-state index is 12.5. The fraction of sp³-hybridized carbons (Fsp3) is 0.0556. The molecular weight excluding hydrogens is 398 g/mol. The summed E-state index contributed by atoms with van der Waals surface area (Å²) in [5.74, 6) is -0.608. The van der Waals surface area contributed by atoms with Crippen molar-refractivity contribution in [3.05, 3.63) is 82.2 Å². The Balaban J connectivity index is 1.76. The van der Waals surface area contributed by atoms with Crippen molar-refractivity contribution in [2.75, 3.05) is 10.0 Å². The Kier molecular flexibility index (Phi) is 5.50. The lowest BCUT2D eigenvalue weighted by molar-refractivity contribution is -0.385. The number of hydrogen-bond acceptors (Lipinski definition) is 7. The summed E-state index contributed by atoms with van der Waals surface area (Å²) in [5.41, 5.74) is 0.559. The van der Waals surface area contributed by atoms with Gasteiger partial charge in [-0.2, -0.15) is 0 Å². The molecule has 0 aliphatic heterocycles. The second kappa shape index (κ2) is 8.02. The average molecular weight is 413 g/mol. The van der Waals surface area contributed by atoms with E-state index in [4.69, 9.17) is 0 Å². The molecule has 10 nitrogen and oxygen atoms in total. The molecule has 0 fully saturated rings. The van der Waals surface area contributed by atoms with Gasteiger partial charge in [0, 0.05) is 35.3 Å². The van der Waals surface area contributed by atoms with Gasteiger partial charge in [-0.1, -0.05) is 6.07 Å². The molecule has 0 spiro atoms. The normalized spacial score (nSPS) is 10.9. The van der Waals surface area contributed by atoms with E-state index in [0.29, 0.717) is 5.69 Å². The number of nitro groups is 1. The van der Waals surface area contributed by atoms with Gasteiger partial charge in [0.15, 0.2) is 0 Å². The highest BCUT2D eigenvalue weighted by Gasteiger charge is 2.19. The summed E-state index contributed by atoms with van der Waals surface area (Å²) in [6, 6.07) is 11.2. The van der Waals surface area contributed by atoms with Gasteiger partial charge >= 0.3 is 0 Å². The standard InChI is InChI=1S/C18H15N5O5S/c1-12-15(4-2-5-16(12)23(25)26)17(24)21-13-6-8-14(9-7-13)29(27,28)22-18-19-10-3-11-20-18/h2-11H,1H3,(H,21,24)(H,19,20,22). The molecule has 0 saturated carbocycles. The van der Waals surface area contributed by atoms with E-state index in [9.17, 15) is 23.3 Å². The topological polar surface area (TPSA) is 144 Å². The second-order valence-electron chi connectivity index (χ2n) is 5.86. The van der Waals surface area contributed by atoms with Crippen molar-refractivity contribution in [2.45, 2.75) is 11.8 Å². The van der Waals surface area contributed by atoms with Gasteiger partial charge in [0.05, 0.1) is 9.82 Å². The van der Waals surface area contributed by atoms with Crippen molar-refractivity contribution in [1.82, 2.24) is 9.97 Å². The van der Waals surface area contributed by atoms with Gasteiger partial charge in [0.1, 0.15) is 0 Å². The summed E-state index contributed by atoms with van der Waals surface area (Å²) in [5, 5.41) is 13.6. The van der Waals surface area contributed by atoms with E-state index >= 15 is 0 Å². The van der Waals surface area contributed by atoms with Crippen LogP contribution in [0, 0.1) is 17.0 Å². The lowest BCUT2D eigenvalue weighted by Gasteiger charge is -2.09. The average Bonchev–Trinajstić information content (AvgIpc) is 2.68. The van der Waals surface area contributed by atoms with E-state index in [-0.39, 0.29) is 27.7 Å². The lowest BCUT2D eigenvalue weighted by Crippen LogP contribution is -2.16. The molecule has 0 radical (unpaired) electrons. The smallest absolute Gasteiger partial charge is 0.273 e. The number of amides is 1. The monoisotopic (exact) mass is 413 g/mol. The summed E-state index contributed by atoms with van der Waals surface area (Å²) in [6.45, 7) is 1.49. The first-order valence-corrected chi connectivity index (χ1v) is 9.71. The fourth-order valence-electron chi connectivity index (χ4n) is 2.51. The maximum absolute atomic E-state index is 12.5. The van der Waals surface area contributed by atoms with E-state index in [1.54, 1.807) is 6.07 Å². The molecule has 29 heavy (non-hydrogen) atoms. The van der Waals surface area contributed by atoms with Crippen LogP contribution in [0.1, 0.15) is 15.9 Å². The number of benzene rings is 2. The molecule has 0 aliphatic rings. The second-order valence-corrected chi connectivity index (χ2v) is 7.55. The van der Waals surface area contributed by atoms with Crippen molar-refractivity contribution in [1.29, 1.82) is 0 Å². The molecule has 0 unspecified atom stereocenters. The fourth-order valence-corrected chi connectivity index (χ4v) is 3.47. The van der Waals surface area contributed by atoms with Crippen LogP contribution in [-0.4, -0.2) is 29.2 Å². The number of aromatic nitrogens is 2. The van der Waals surface area contributed by atoms with Crippen molar-refractivity contribution in [3.8, 4) is 0 Å². The van der Waals surface area contributed by atoms with Gasteiger partial charge in [0.25, 0.3) is 21.6 Å². The molecule has 0 bridgehead atoms. The number of nitrogens with one attached hydrogen (secondary N) is 2. The number of nitrogens with zero attached hydrogens (tertiary/aromatic N) is 3. The molecule has 1 aromatic heterocycles. The Morgan fingerprint density at radius 3 is 2.31 bits per heavy atom. The van der Waals surface area contributed by atoms with Crippen LogP contribution >= 0.6 is 0 Å². The summed E-state index contributed by atoms with van der Waals surface area (Å²) in [7, 11) is -3.90. The highest BCUT2D eigenvalue weighted by atomic mass is 32.2. The highest BCUT2D eigenvalue weighted by molar-refractivity contribution is 7.92. The third-order valence-corrected chi connectivity index (χ3v) is 5.30. The Morgan fingerprint density at radius 2 is 1.69 bits per heavy atom. The van der Waals surface area contributed by atoms with E-state index in [1.165, 1.54) is 61.8 Å². The van der Waals surface area contributed by atoms with Crippen LogP contribution in [0.3, 0.4) is 0 Å². The molecule has 0 atom stereocenters. The highest BCUT2D eigenvalue weighted by Crippen LogP contribution is 2.22. The summed E-state index contributed by atoms with van der Waals surface area (Å²) < 4.78 is 27.0. The zero-order valence-corrected chi connectivity index (χ0v) is 15.9. The Bertz CT molecular complexity index is 1170. The molecule has 3 aromatic rings. The van der Waals surface area contributed by atoms with Crippen LogP contribution in [-0.2, 0) is 10.0 Å². The molecule has 0 aliphatic carbocycles. The molecule has 148 valence electrons. The minimum atomic E-state index is -3.90. The van der Waals surface area contributed by atoms with E-state index < -0.39 is 20.9 Å². The van der Waals surface area contributed by atoms with E-state index in [1.807, 2.05) is 0 Å². The third kappa shape index (κ3) is 4.52. The maximum Gasteiger partial charge on any atom is 0.273 e. The van der Waals surface area contributed by atoms with Crippen molar-refractivity contribution in [2.24, 2.45) is 0 Å². The molecule has 2 N–H and O–H groups in total. The summed E-state index contributed by atoms with van der Waals surface area (Å²) >= 11 is 0. The van der Waals surface area contributed by atoms with Crippen LogP contribution in [0.5, 0.6) is 0 Å². The summed E-state index contributed by atoms with van der Waals surface area (Å²) in [6.07, 6.45) is 2.80. The predicted octanol–water partition coefficient (Wildman–Crippen LogP) is 2.75. The van der Waals surface area contributed by atoms with E-state index in [2.05, 4.69) is 20.0 Å². The summed E-state index contributed by atoms with van der Waals surface area (Å²) in [4.78, 5) is 30.5. The minimum Gasteiger partial charge on any atom is -0.322 e. The Hall–Kier alpha value is -3.86. The Morgan fingerprint density at radius 1 is 1.03 bits per heavy atom. The molecular formula is C18H15N5O5S. The number of anilines is 2. The number of nitro benzene ring substituents is 1. The SMILES string of the molecule is Cc1c(C(=O)Nc2ccc(S(=O)(=O)Nc3ncccn3)cc2)cccc1[N+](=O)[O-]. The van der Waals surface area contributed by atoms with E-state index in [0.717, 1.165) is 0 Å². The predicted molar refractivity (Wildman–Crippen MR) is 105 cm³/mol.